The molecular weight excluding hydrogens is 501 g/mol. The number of ether oxygens (including phenoxy) is 2. The number of halogens is 2. The van der Waals surface area contributed by atoms with Crippen molar-refractivity contribution in [2.75, 3.05) is 26.2 Å². The smallest absolute Gasteiger partial charge is 0.655 e. The van der Waals surface area contributed by atoms with Crippen LogP contribution in [0.25, 0.3) is 16.4 Å². The summed E-state index contributed by atoms with van der Waals surface area (Å²) in [5, 5.41) is 4.38. The van der Waals surface area contributed by atoms with Gasteiger partial charge in [0.15, 0.2) is 6.61 Å². The van der Waals surface area contributed by atoms with E-state index in [1.807, 2.05) is 6.92 Å². The van der Waals surface area contributed by atoms with Crippen LogP contribution in [0.4, 0.5) is 20.2 Å². The van der Waals surface area contributed by atoms with Gasteiger partial charge in [-0.05, 0) is 80.9 Å². The molecule has 8 heteroatoms. The second-order valence-corrected chi connectivity index (χ2v) is 8.54. The van der Waals surface area contributed by atoms with E-state index >= 15 is 0 Å². The number of carbonyl (C=O) groups is 1. The largest absolute Gasteiger partial charge is 1.00 e. The third-order valence-electron chi connectivity index (χ3n) is 5.84. The Morgan fingerprint density at radius 1 is 0.973 bits per heavy atom. The molecule has 0 fully saturated rings. The molecule has 1 atom stereocenters. The molecule has 0 aliphatic heterocycles. The number of rotatable bonds is 13. The van der Waals surface area contributed by atoms with Crippen molar-refractivity contribution in [3.8, 4) is 16.9 Å². The first kappa shape index (κ1) is 31.4. The van der Waals surface area contributed by atoms with Crippen molar-refractivity contribution in [2.24, 2.45) is 0 Å². The molecule has 3 aromatic rings. The van der Waals surface area contributed by atoms with Crippen LogP contribution in [0.3, 0.4) is 0 Å². The van der Waals surface area contributed by atoms with Crippen molar-refractivity contribution in [3.05, 3.63) is 83.7 Å². The molecule has 1 unspecified atom stereocenters. The Kier molecular flexibility index (Phi) is 13.8. The summed E-state index contributed by atoms with van der Waals surface area (Å²) in [6, 6.07) is 17.3. The zero-order chi connectivity index (χ0) is 25.9. The molecule has 0 N–H and O–H groups in total. The van der Waals surface area contributed by atoms with Crippen LogP contribution in [0.2, 0.25) is 0 Å². The zero-order valence-corrected chi connectivity index (χ0v) is 25.2. The van der Waals surface area contributed by atoms with E-state index in [9.17, 15) is 13.6 Å². The molecule has 0 aliphatic carbocycles. The molecule has 37 heavy (non-hydrogen) atoms. The summed E-state index contributed by atoms with van der Waals surface area (Å²) in [4.78, 5) is 14.5. The van der Waals surface area contributed by atoms with Gasteiger partial charge in [-0.2, -0.15) is 0 Å². The summed E-state index contributed by atoms with van der Waals surface area (Å²) in [5.41, 5.74) is 1.85. The maximum atomic E-state index is 14.4. The predicted molar refractivity (Wildman–Crippen MR) is 139 cm³/mol. The van der Waals surface area contributed by atoms with Crippen LogP contribution in [-0.4, -0.2) is 43.2 Å². The van der Waals surface area contributed by atoms with Gasteiger partial charge >= 0.3 is 57.4 Å². The fraction of sp³-hybridized carbons (Fsp3) is 0.345. The molecular formula is C29H33F2KN2O3. The summed E-state index contributed by atoms with van der Waals surface area (Å²) < 4.78 is 39.1. The number of hydrogen-bond donors (Lipinski definition) is 0. The van der Waals surface area contributed by atoms with E-state index in [-0.39, 0.29) is 75.6 Å². The Balaban J connectivity index is 0.00000481. The number of esters is 1. The summed E-state index contributed by atoms with van der Waals surface area (Å²) in [7, 11) is 0. The summed E-state index contributed by atoms with van der Waals surface area (Å²) >= 11 is 0. The molecule has 0 aromatic heterocycles. The van der Waals surface area contributed by atoms with Crippen molar-refractivity contribution in [1.29, 1.82) is 0 Å². The SMILES string of the molecule is CCN(CC)CCCC(C)OC(=O)COc1cccc([N-]c2cc(-c3cccc(F)c3)ccc2F)c1.[K+]. The number of hydrogen-bond acceptors (Lipinski definition) is 4. The van der Waals surface area contributed by atoms with E-state index in [0.29, 0.717) is 22.6 Å². The van der Waals surface area contributed by atoms with Gasteiger partial charge in [0, 0.05) is 0 Å². The van der Waals surface area contributed by atoms with Gasteiger partial charge in [0.2, 0.25) is 0 Å². The summed E-state index contributed by atoms with van der Waals surface area (Å²) in [6.45, 7) is 8.91. The molecule has 0 heterocycles. The normalized spacial score (nSPS) is 11.5. The third-order valence-corrected chi connectivity index (χ3v) is 5.84. The molecule has 0 amide bonds. The predicted octanol–water partition coefficient (Wildman–Crippen LogP) is 4.41. The van der Waals surface area contributed by atoms with Crippen LogP contribution in [0, 0.1) is 11.6 Å². The van der Waals surface area contributed by atoms with Gasteiger partial charge < -0.3 is 19.7 Å². The second kappa shape index (κ2) is 16.2. The van der Waals surface area contributed by atoms with Crippen LogP contribution < -0.4 is 56.1 Å². The van der Waals surface area contributed by atoms with E-state index in [1.54, 1.807) is 48.5 Å². The molecule has 3 rings (SSSR count). The molecule has 3 aromatic carbocycles. The molecule has 0 saturated heterocycles. The molecule has 0 bridgehead atoms. The maximum Gasteiger partial charge on any atom is 1.00 e. The Hall–Kier alpha value is -1.81. The first-order chi connectivity index (χ1) is 17.4. The van der Waals surface area contributed by atoms with Crippen LogP contribution in [0.1, 0.15) is 33.6 Å². The van der Waals surface area contributed by atoms with E-state index in [2.05, 4.69) is 24.1 Å². The maximum absolute atomic E-state index is 14.4. The molecule has 5 nitrogen and oxygen atoms in total. The minimum Gasteiger partial charge on any atom is -0.655 e. The molecule has 0 saturated carbocycles. The van der Waals surface area contributed by atoms with Gasteiger partial charge in [-0.25, -0.2) is 13.6 Å². The fourth-order valence-electron chi connectivity index (χ4n) is 3.83. The van der Waals surface area contributed by atoms with Crippen molar-refractivity contribution in [3.63, 3.8) is 0 Å². The van der Waals surface area contributed by atoms with Crippen LogP contribution in [0.15, 0.2) is 66.7 Å². The second-order valence-electron chi connectivity index (χ2n) is 8.54. The van der Waals surface area contributed by atoms with Gasteiger partial charge in [0.25, 0.3) is 0 Å². The molecule has 0 spiro atoms. The standard InChI is InChI=1S/C29H33F2N2O3.K/c1-4-33(5-2)16-8-9-21(3)36-29(34)20-35-26-13-7-12-25(19-26)32-28-18-23(14-15-27(28)31)22-10-6-11-24(30)17-22;/h6-7,10-15,17-19,21H,4-5,8-9,16,20H2,1-3H3;/q-1;+1. The van der Waals surface area contributed by atoms with Crippen molar-refractivity contribution < 1.29 is 74.4 Å². The van der Waals surface area contributed by atoms with E-state index < -0.39 is 11.8 Å². The number of benzene rings is 3. The van der Waals surface area contributed by atoms with Crippen molar-refractivity contribution >= 4 is 17.3 Å². The van der Waals surface area contributed by atoms with Crippen molar-refractivity contribution in [1.82, 2.24) is 4.90 Å². The number of nitrogens with zero attached hydrogens (tertiary/aromatic N) is 2. The van der Waals surface area contributed by atoms with Crippen molar-refractivity contribution in [2.45, 2.75) is 39.7 Å². The Labute approximate surface area is 261 Å². The van der Waals surface area contributed by atoms with Crippen LogP contribution in [-0.2, 0) is 9.53 Å². The average molecular weight is 535 g/mol. The topological polar surface area (TPSA) is 52.9 Å². The Morgan fingerprint density at radius 2 is 1.70 bits per heavy atom. The molecule has 0 radical (unpaired) electrons. The van der Waals surface area contributed by atoms with Gasteiger partial charge in [0.05, 0.1) is 6.10 Å². The number of carbonyl (C=O) groups excluding carboxylic acids is 1. The van der Waals surface area contributed by atoms with Crippen LogP contribution >= 0.6 is 0 Å². The first-order valence-corrected chi connectivity index (χ1v) is 12.3. The first-order valence-electron chi connectivity index (χ1n) is 12.3. The minimum absolute atomic E-state index is 0. The third kappa shape index (κ3) is 10.5. The fourth-order valence-corrected chi connectivity index (χ4v) is 3.83. The quantitative estimate of drug-likeness (QED) is 0.241. The Bertz CT molecular complexity index is 1140. The van der Waals surface area contributed by atoms with E-state index in [4.69, 9.17) is 9.47 Å². The summed E-state index contributed by atoms with van der Waals surface area (Å²) in [6.07, 6.45) is 1.56. The molecule has 0 aliphatic rings. The van der Waals surface area contributed by atoms with Gasteiger partial charge in [0.1, 0.15) is 17.4 Å². The van der Waals surface area contributed by atoms with E-state index in [1.165, 1.54) is 18.2 Å². The van der Waals surface area contributed by atoms with E-state index in [0.717, 1.165) is 32.5 Å². The van der Waals surface area contributed by atoms with Gasteiger partial charge in [-0.3, -0.25) is 0 Å². The van der Waals surface area contributed by atoms with Crippen LogP contribution in [0.5, 0.6) is 5.75 Å². The van der Waals surface area contributed by atoms with Gasteiger partial charge in [-0.1, -0.05) is 55.9 Å². The van der Waals surface area contributed by atoms with Gasteiger partial charge in [-0.15, -0.1) is 5.69 Å². The minimum atomic E-state index is -0.500. The summed E-state index contributed by atoms with van der Waals surface area (Å²) in [5.74, 6) is -0.890. The monoisotopic (exact) mass is 534 g/mol. The average Bonchev–Trinajstić information content (AvgIpc) is 2.87. The zero-order valence-electron chi connectivity index (χ0n) is 22.0. The Morgan fingerprint density at radius 3 is 2.43 bits per heavy atom. The molecule has 192 valence electrons.